The minimum Gasteiger partial charge on any atom is -0.497 e. The average molecular weight is 324 g/mol. The highest BCUT2D eigenvalue weighted by molar-refractivity contribution is 5.93. The first-order chi connectivity index (χ1) is 11.6. The highest BCUT2D eigenvalue weighted by atomic mass is 16.5. The molecule has 0 unspecified atom stereocenters. The number of ether oxygens (including phenoxy) is 2. The largest absolute Gasteiger partial charge is 0.497 e. The normalized spacial score (nSPS) is 10.6. The molecule has 3 aromatic rings. The van der Waals surface area contributed by atoms with E-state index in [1.54, 1.807) is 32.4 Å². The number of rotatable bonds is 5. The molecule has 24 heavy (non-hydrogen) atoms. The van der Waals surface area contributed by atoms with E-state index in [-0.39, 0.29) is 12.5 Å². The van der Waals surface area contributed by atoms with Crippen molar-refractivity contribution in [2.24, 2.45) is 0 Å². The Morgan fingerprint density at radius 2 is 1.92 bits per heavy atom. The van der Waals surface area contributed by atoms with Gasteiger partial charge in [-0.25, -0.2) is 0 Å². The number of nitrogens with zero attached hydrogens (tertiary/aromatic N) is 1. The molecule has 0 aliphatic rings. The summed E-state index contributed by atoms with van der Waals surface area (Å²) in [5, 5.41) is 4.01. The number of amides is 1. The van der Waals surface area contributed by atoms with Crippen molar-refractivity contribution in [3.63, 3.8) is 0 Å². The molecule has 0 bridgehead atoms. The quantitative estimate of drug-likeness (QED) is 0.780. The van der Waals surface area contributed by atoms with Crippen LogP contribution in [0.4, 0.5) is 5.69 Å². The van der Waals surface area contributed by atoms with Crippen LogP contribution in [0, 0.1) is 6.92 Å². The zero-order valence-electron chi connectivity index (χ0n) is 14.0. The SMILES string of the molecule is COc1ccc(OC)c(NC(=O)Cn2ccc3cc(C)ccc32)c1. The second kappa shape index (κ2) is 6.66. The first-order valence-corrected chi connectivity index (χ1v) is 7.68. The lowest BCUT2D eigenvalue weighted by atomic mass is 10.2. The standard InChI is InChI=1S/C19H20N2O3/c1-13-4-6-17-14(10-13)8-9-21(17)12-19(22)20-16-11-15(23-2)5-7-18(16)24-3/h4-11H,12H2,1-3H3,(H,20,22). The summed E-state index contributed by atoms with van der Waals surface area (Å²) in [6.45, 7) is 2.28. The molecule has 0 aliphatic heterocycles. The van der Waals surface area contributed by atoms with Crippen molar-refractivity contribution in [1.29, 1.82) is 0 Å². The fraction of sp³-hybridized carbons (Fsp3) is 0.211. The number of anilines is 1. The Bertz CT molecular complexity index is 883. The molecule has 0 atom stereocenters. The Morgan fingerprint density at radius 3 is 2.67 bits per heavy atom. The lowest BCUT2D eigenvalue weighted by Gasteiger charge is -2.12. The van der Waals surface area contributed by atoms with Crippen LogP contribution in [0.5, 0.6) is 11.5 Å². The molecule has 5 heteroatoms. The molecule has 2 aromatic carbocycles. The van der Waals surface area contributed by atoms with Crippen LogP contribution < -0.4 is 14.8 Å². The monoisotopic (exact) mass is 324 g/mol. The molecular formula is C19H20N2O3. The molecule has 1 aromatic heterocycles. The minimum absolute atomic E-state index is 0.125. The molecule has 0 saturated carbocycles. The third kappa shape index (κ3) is 3.20. The van der Waals surface area contributed by atoms with Crippen LogP contribution >= 0.6 is 0 Å². The van der Waals surface area contributed by atoms with E-state index in [4.69, 9.17) is 9.47 Å². The zero-order valence-corrected chi connectivity index (χ0v) is 14.0. The van der Waals surface area contributed by atoms with Crippen molar-refractivity contribution < 1.29 is 14.3 Å². The van der Waals surface area contributed by atoms with Gasteiger partial charge in [0.15, 0.2) is 0 Å². The van der Waals surface area contributed by atoms with Crippen molar-refractivity contribution in [3.8, 4) is 11.5 Å². The summed E-state index contributed by atoms with van der Waals surface area (Å²) < 4.78 is 12.4. The molecule has 1 N–H and O–H groups in total. The van der Waals surface area contributed by atoms with E-state index in [1.807, 2.05) is 29.0 Å². The van der Waals surface area contributed by atoms with Gasteiger partial charge in [-0.3, -0.25) is 4.79 Å². The molecule has 1 heterocycles. The van der Waals surface area contributed by atoms with E-state index in [0.717, 1.165) is 10.9 Å². The summed E-state index contributed by atoms with van der Waals surface area (Å²) in [5.74, 6) is 1.13. The van der Waals surface area contributed by atoms with Gasteiger partial charge in [-0.1, -0.05) is 11.6 Å². The molecule has 0 fully saturated rings. The van der Waals surface area contributed by atoms with Gasteiger partial charge in [-0.2, -0.15) is 0 Å². The lowest BCUT2D eigenvalue weighted by molar-refractivity contribution is -0.116. The summed E-state index contributed by atoms with van der Waals surface area (Å²) >= 11 is 0. The van der Waals surface area contributed by atoms with Crippen molar-refractivity contribution in [2.45, 2.75) is 13.5 Å². The lowest BCUT2D eigenvalue weighted by Crippen LogP contribution is -2.18. The second-order valence-electron chi connectivity index (χ2n) is 5.62. The summed E-state index contributed by atoms with van der Waals surface area (Å²) in [4.78, 5) is 12.4. The maximum Gasteiger partial charge on any atom is 0.244 e. The summed E-state index contributed by atoms with van der Waals surface area (Å²) in [6, 6.07) is 13.5. The third-order valence-electron chi connectivity index (χ3n) is 3.92. The number of aryl methyl sites for hydroxylation is 1. The number of aromatic nitrogens is 1. The topological polar surface area (TPSA) is 52.5 Å². The molecule has 3 rings (SSSR count). The molecule has 0 aliphatic carbocycles. The van der Waals surface area contributed by atoms with Crippen LogP contribution in [-0.4, -0.2) is 24.7 Å². The summed E-state index contributed by atoms with van der Waals surface area (Å²) in [6.07, 6.45) is 1.92. The molecule has 0 radical (unpaired) electrons. The van der Waals surface area contributed by atoms with Crippen molar-refractivity contribution in [2.75, 3.05) is 19.5 Å². The van der Waals surface area contributed by atoms with E-state index >= 15 is 0 Å². The minimum atomic E-state index is -0.125. The zero-order chi connectivity index (χ0) is 17.1. The Labute approximate surface area is 140 Å². The fourth-order valence-electron chi connectivity index (χ4n) is 2.71. The number of methoxy groups -OCH3 is 2. The second-order valence-corrected chi connectivity index (χ2v) is 5.62. The van der Waals surface area contributed by atoms with Crippen LogP contribution in [0.15, 0.2) is 48.7 Å². The Morgan fingerprint density at radius 1 is 1.08 bits per heavy atom. The first kappa shape index (κ1) is 15.9. The van der Waals surface area contributed by atoms with Crippen LogP contribution in [0.3, 0.4) is 0 Å². The number of fused-ring (bicyclic) bond motifs is 1. The first-order valence-electron chi connectivity index (χ1n) is 7.68. The van der Waals surface area contributed by atoms with Gasteiger partial charge in [-0.05, 0) is 42.6 Å². The fourth-order valence-corrected chi connectivity index (χ4v) is 2.71. The maximum absolute atomic E-state index is 12.4. The number of carbonyl (C=O) groups is 1. The number of benzene rings is 2. The van der Waals surface area contributed by atoms with E-state index in [9.17, 15) is 4.79 Å². The van der Waals surface area contributed by atoms with Gasteiger partial charge in [-0.15, -0.1) is 0 Å². The predicted molar refractivity (Wildman–Crippen MR) is 94.9 cm³/mol. The van der Waals surface area contributed by atoms with Crippen LogP contribution in [-0.2, 0) is 11.3 Å². The van der Waals surface area contributed by atoms with Gasteiger partial charge in [0.05, 0.1) is 19.9 Å². The highest BCUT2D eigenvalue weighted by Crippen LogP contribution is 2.29. The summed E-state index contributed by atoms with van der Waals surface area (Å²) in [7, 11) is 3.15. The molecular weight excluding hydrogens is 304 g/mol. The highest BCUT2D eigenvalue weighted by Gasteiger charge is 2.11. The Balaban J connectivity index is 1.80. The Hall–Kier alpha value is -2.95. The van der Waals surface area contributed by atoms with E-state index < -0.39 is 0 Å². The van der Waals surface area contributed by atoms with Gasteiger partial charge in [0, 0.05) is 17.8 Å². The predicted octanol–water partition coefficient (Wildman–Crippen LogP) is 3.61. The molecule has 1 amide bonds. The molecule has 0 saturated heterocycles. The van der Waals surface area contributed by atoms with Crippen molar-refractivity contribution in [3.05, 3.63) is 54.2 Å². The van der Waals surface area contributed by atoms with E-state index in [1.165, 1.54) is 5.56 Å². The van der Waals surface area contributed by atoms with E-state index in [2.05, 4.69) is 18.3 Å². The number of nitrogens with one attached hydrogen (secondary N) is 1. The van der Waals surface area contributed by atoms with Gasteiger partial charge in [0.2, 0.25) is 5.91 Å². The van der Waals surface area contributed by atoms with Gasteiger partial charge >= 0.3 is 0 Å². The van der Waals surface area contributed by atoms with Crippen LogP contribution in [0.2, 0.25) is 0 Å². The van der Waals surface area contributed by atoms with Gasteiger partial charge in [0.25, 0.3) is 0 Å². The van der Waals surface area contributed by atoms with Crippen LogP contribution in [0.25, 0.3) is 10.9 Å². The van der Waals surface area contributed by atoms with Gasteiger partial charge < -0.3 is 19.4 Å². The smallest absolute Gasteiger partial charge is 0.244 e. The van der Waals surface area contributed by atoms with Crippen LogP contribution in [0.1, 0.15) is 5.56 Å². The molecule has 5 nitrogen and oxygen atoms in total. The third-order valence-corrected chi connectivity index (χ3v) is 3.92. The van der Waals surface area contributed by atoms with Gasteiger partial charge in [0.1, 0.15) is 18.0 Å². The number of hydrogen-bond donors (Lipinski definition) is 1. The maximum atomic E-state index is 12.4. The number of carbonyl (C=O) groups excluding carboxylic acids is 1. The summed E-state index contributed by atoms with van der Waals surface area (Å²) in [5.41, 5.74) is 2.83. The molecule has 0 spiro atoms. The van der Waals surface area contributed by atoms with Crippen molar-refractivity contribution in [1.82, 2.24) is 4.57 Å². The number of hydrogen-bond acceptors (Lipinski definition) is 3. The van der Waals surface area contributed by atoms with E-state index in [0.29, 0.717) is 17.2 Å². The average Bonchev–Trinajstić information content (AvgIpc) is 2.96. The Kier molecular flexibility index (Phi) is 4.42. The molecule has 124 valence electrons. The van der Waals surface area contributed by atoms with Crippen molar-refractivity contribution >= 4 is 22.5 Å².